The summed E-state index contributed by atoms with van der Waals surface area (Å²) >= 11 is 0. The molecule has 30 heavy (non-hydrogen) atoms. The molecule has 0 aliphatic heterocycles. The van der Waals surface area contributed by atoms with E-state index in [2.05, 4.69) is 11.8 Å². The average Bonchev–Trinajstić information content (AvgIpc) is 2.80. The molecule has 0 fully saturated rings. The van der Waals surface area contributed by atoms with Crippen LogP contribution in [0.15, 0.2) is 84.9 Å². The quantitative estimate of drug-likeness (QED) is 0.473. The summed E-state index contributed by atoms with van der Waals surface area (Å²) in [6.07, 6.45) is 0. The fourth-order valence-corrected chi connectivity index (χ4v) is 2.99. The van der Waals surface area contributed by atoms with Gasteiger partial charge in [-0.15, -0.1) is 0 Å². The Kier molecular flexibility index (Phi) is 7.02. The zero-order valence-electron chi connectivity index (χ0n) is 17.0. The number of carbonyl (C=O) groups is 2. The molecule has 4 heteroatoms. The molecule has 4 nitrogen and oxygen atoms in total. The van der Waals surface area contributed by atoms with Crippen LogP contribution in [0, 0.1) is 18.8 Å². The minimum atomic E-state index is -0.613. The van der Waals surface area contributed by atoms with Crippen LogP contribution in [0.25, 0.3) is 0 Å². The SMILES string of the molecule is COC(=O)CN(C(=O)c1ccccc1)C(C#Cc1ccccc1)c1ccc(C)cc1. The molecule has 0 N–H and O–H groups in total. The molecular formula is C26H23NO3. The summed E-state index contributed by atoms with van der Waals surface area (Å²) in [4.78, 5) is 27.0. The Morgan fingerprint density at radius 2 is 1.50 bits per heavy atom. The zero-order chi connectivity index (χ0) is 21.3. The van der Waals surface area contributed by atoms with Gasteiger partial charge in [-0.1, -0.05) is 78.1 Å². The molecule has 3 aromatic rings. The second kappa shape index (κ2) is 10.1. The third-order valence-electron chi connectivity index (χ3n) is 4.64. The number of esters is 1. The van der Waals surface area contributed by atoms with Crippen LogP contribution in [0.1, 0.15) is 33.1 Å². The molecule has 3 aromatic carbocycles. The molecule has 0 aliphatic rings. The molecular weight excluding hydrogens is 374 g/mol. The maximum atomic E-state index is 13.3. The molecule has 0 aliphatic carbocycles. The van der Waals surface area contributed by atoms with E-state index in [1.54, 1.807) is 24.3 Å². The number of methoxy groups -OCH3 is 1. The van der Waals surface area contributed by atoms with Crippen LogP contribution < -0.4 is 0 Å². The maximum Gasteiger partial charge on any atom is 0.325 e. The van der Waals surface area contributed by atoms with Gasteiger partial charge in [-0.2, -0.15) is 0 Å². The van der Waals surface area contributed by atoms with Gasteiger partial charge in [0, 0.05) is 11.1 Å². The fraction of sp³-hybridized carbons (Fsp3) is 0.154. The van der Waals surface area contributed by atoms with Crippen LogP contribution in [0.5, 0.6) is 0 Å². The van der Waals surface area contributed by atoms with E-state index in [9.17, 15) is 9.59 Å². The lowest BCUT2D eigenvalue weighted by Crippen LogP contribution is -2.39. The summed E-state index contributed by atoms with van der Waals surface area (Å²) in [5.41, 5.74) is 3.25. The maximum absolute atomic E-state index is 13.3. The Morgan fingerprint density at radius 3 is 2.10 bits per heavy atom. The van der Waals surface area contributed by atoms with E-state index in [1.807, 2.05) is 67.6 Å². The van der Waals surface area contributed by atoms with E-state index >= 15 is 0 Å². The topological polar surface area (TPSA) is 46.6 Å². The average molecular weight is 397 g/mol. The van der Waals surface area contributed by atoms with Crippen LogP contribution in [-0.4, -0.2) is 30.4 Å². The van der Waals surface area contributed by atoms with E-state index in [0.717, 1.165) is 16.7 Å². The monoisotopic (exact) mass is 397 g/mol. The van der Waals surface area contributed by atoms with Gasteiger partial charge < -0.3 is 9.64 Å². The van der Waals surface area contributed by atoms with Crippen molar-refractivity contribution in [2.24, 2.45) is 0 Å². The lowest BCUT2D eigenvalue weighted by molar-refractivity contribution is -0.141. The van der Waals surface area contributed by atoms with E-state index in [0.29, 0.717) is 5.56 Å². The fourth-order valence-electron chi connectivity index (χ4n) is 2.99. The van der Waals surface area contributed by atoms with Gasteiger partial charge in [0.05, 0.1) is 7.11 Å². The first-order chi connectivity index (χ1) is 14.6. The highest BCUT2D eigenvalue weighted by atomic mass is 16.5. The van der Waals surface area contributed by atoms with Crippen LogP contribution in [0.3, 0.4) is 0 Å². The van der Waals surface area contributed by atoms with Gasteiger partial charge in [0.15, 0.2) is 0 Å². The second-order valence-corrected chi connectivity index (χ2v) is 6.82. The van der Waals surface area contributed by atoms with Crippen molar-refractivity contribution in [3.63, 3.8) is 0 Å². The first-order valence-corrected chi connectivity index (χ1v) is 9.64. The van der Waals surface area contributed by atoms with Gasteiger partial charge in [0.1, 0.15) is 12.6 Å². The predicted molar refractivity (Wildman–Crippen MR) is 117 cm³/mol. The van der Waals surface area contributed by atoms with Gasteiger partial charge in [0.25, 0.3) is 5.91 Å². The molecule has 0 radical (unpaired) electrons. The number of hydrogen-bond donors (Lipinski definition) is 0. The number of nitrogens with zero attached hydrogens (tertiary/aromatic N) is 1. The summed E-state index contributed by atoms with van der Waals surface area (Å²) in [5, 5.41) is 0. The lowest BCUT2D eigenvalue weighted by Gasteiger charge is -2.28. The van der Waals surface area contributed by atoms with Crippen LogP contribution in [0.2, 0.25) is 0 Å². The Balaban J connectivity index is 2.07. The number of hydrogen-bond acceptors (Lipinski definition) is 3. The Bertz CT molecular complexity index is 1050. The Hall–Kier alpha value is -3.84. The molecule has 3 rings (SSSR count). The first kappa shape index (κ1) is 20.9. The van der Waals surface area contributed by atoms with E-state index < -0.39 is 12.0 Å². The highest BCUT2D eigenvalue weighted by molar-refractivity contribution is 5.96. The lowest BCUT2D eigenvalue weighted by atomic mass is 10.0. The molecule has 1 amide bonds. The van der Waals surface area contributed by atoms with Gasteiger partial charge >= 0.3 is 5.97 Å². The van der Waals surface area contributed by atoms with Crippen molar-refractivity contribution >= 4 is 11.9 Å². The zero-order valence-corrected chi connectivity index (χ0v) is 17.0. The normalized spacial score (nSPS) is 11.0. The minimum absolute atomic E-state index is 0.202. The second-order valence-electron chi connectivity index (χ2n) is 6.82. The van der Waals surface area contributed by atoms with Crippen molar-refractivity contribution in [3.8, 4) is 11.8 Å². The van der Waals surface area contributed by atoms with Crippen molar-refractivity contribution < 1.29 is 14.3 Å². The highest BCUT2D eigenvalue weighted by Crippen LogP contribution is 2.23. The Labute approximate surface area is 177 Å². The summed E-state index contributed by atoms with van der Waals surface area (Å²) < 4.78 is 4.85. The van der Waals surface area contributed by atoms with E-state index in [4.69, 9.17) is 4.74 Å². The van der Waals surface area contributed by atoms with Crippen LogP contribution in [-0.2, 0) is 9.53 Å². The molecule has 150 valence electrons. The van der Waals surface area contributed by atoms with Crippen molar-refractivity contribution in [2.45, 2.75) is 13.0 Å². The number of carbonyl (C=O) groups excluding carboxylic acids is 2. The molecule has 0 bridgehead atoms. The standard InChI is InChI=1S/C26H23NO3/c1-20-13-16-22(17-14-20)24(18-15-21-9-5-3-6-10-21)27(19-25(28)30-2)26(29)23-11-7-4-8-12-23/h3-14,16-17,24H,19H2,1-2H3. The van der Waals surface area contributed by atoms with Crippen molar-refractivity contribution in [1.82, 2.24) is 4.90 Å². The summed E-state index contributed by atoms with van der Waals surface area (Å²) in [6.45, 7) is 1.79. The molecule has 0 aromatic heterocycles. The Morgan fingerprint density at radius 1 is 0.900 bits per heavy atom. The number of ether oxygens (including phenoxy) is 1. The molecule has 0 heterocycles. The number of rotatable bonds is 5. The van der Waals surface area contributed by atoms with Crippen molar-refractivity contribution in [3.05, 3.63) is 107 Å². The van der Waals surface area contributed by atoms with Gasteiger partial charge in [-0.25, -0.2) is 0 Å². The molecule has 0 spiro atoms. The van der Waals surface area contributed by atoms with Gasteiger partial charge in [-0.3, -0.25) is 9.59 Å². The third kappa shape index (κ3) is 5.36. The van der Waals surface area contributed by atoms with Gasteiger partial charge in [0.2, 0.25) is 0 Å². The predicted octanol–water partition coefficient (Wildman–Crippen LogP) is 4.40. The summed E-state index contributed by atoms with van der Waals surface area (Å²) in [7, 11) is 1.31. The molecule has 0 saturated carbocycles. The molecule has 1 atom stereocenters. The molecule has 0 saturated heterocycles. The van der Waals surface area contributed by atoms with Crippen LogP contribution >= 0.6 is 0 Å². The van der Waals surface area contributed by atoms with Crippen LogP contribution in [0.4, 0.5) is 0 Å². The summed E-state index contributed by atoms with van der Waals surface area (Å²) in [5.74, 6) is 5.55. The van der Waals surface area contributed by atoms with Crippen molar-refractivity contribution in [1.29, 1.82) is 0 Å². The van der Waals surface area contributed by atoms with Gasteiger partial charge in [-0.05, 0) is 36.8 Å². The third-order valence-corrected chi connectivity index (χ3v) is 4.64. The van der Waals surface area contributed by atoms with Crippen molar-refractivity contribution in [2.75, 3.05) is 13.7 Å². The van der Waals surface area contributed by atoms with E-state index in [1.165, 1.54) is 12.0 Å². The highest BCUT2D eigenvalue weighted by Gasteiger charge is 2.27. The first-order valence-electron chi connectivity index (χ1n) is 9.64. The number of amides is 1. The molecule has 1 unspecified atom stereocenters. The number of aryl methyl sites for hydroxylation is 1. The largest absolute Gasteiger partial charge is 0.468 e. The minimum Gasteiger partial charge on any atom is -0.468 e. The van der Waals surface area contributed by atoms with E-state index in [-0.39, 0.29) is 12.5 Å². The smallest absolute Gasteiger partial charge is 0.325 e. The summed E-state index contributed by atoms with van der Waals surface area (Å²) in [6, 6.07) is 25.6. The number of benzene rings is 3.